The van der Waals surface area contributed by atoms with Gasteiger partial charge in [-0.05, 0) is 33.6 Å². The largest absolute Gasteiger partial charge is 0.444 e. The number of unbranched alkanes of at least 4 members (excludes halogenated alkanes) is 9. The van der Waals surface area contributed by atoms with Crippen LogP contribution in [0.3, 0.4) is 0 Å². The quantitative estimate of drug-likeness (QED) is 0.351. The maximum absolute atomic E-state index is 11.4. The van der Waals surface area contributed by atoms with Gasteiger partial charge in [0.25, 0.3) is 0 Å². The van der Waals surface area contributed by atoms with Crippen molar-refractivity contribution >= 4 is 22.0 Å². The summed E-state index contributed by atoms with van der Waals surface area (Å²) in [5.41, 5.74) is -0.404. The maximum atomic E-state index is 11.4. The van der Waals surface area contributed by atoms with E-state index in [1.165, 1.54) is 57.8 Å². The predicted octanol–water partition coefficient (Wildman–Crippen LogP) is 5.81. The summed E-state index contributed by atoms with van der Waals surface area (Å²) in [6.45, 7) is 6.37. The molecule has 0 unspecified atom stereocenters. The number of hydrogen-bond donors (Lipinski definition) is 1. The van der Waals surface area contributed by atoms with E-state index in [0.29, 0.717) is 0 Å². The molecule has 0 atom stereocenters. The van der Waals surface area contributed by atoms with Crippen molar-refractivity contribution in [3.8, 4) is 0 Å². The molecule has 0 aromatic rings. The van der Waals surface area contributed by atoms with Crippen LogP contribution >= 0.6 is 15.9 Å². The first-order chi connectivity index (χ1) is 9.95. The second-order valence-corrected chi connectivity index (χ2v) is 7.45. The highest BCUT2D eigenvalue weighted by Gasteiger charge is 2.15. The monoisotopic (exact) mass is 363 g/mol. The molecule has 126 valence electrons. The van der Waals surface area contributed by atoms with Gasteiger partial charge in [0.05, 0.1) is 0 Å². The van der Waals surface area contributed by atoms with Crippen LogP contribution in [0, 0.1) is 0 Å². The number of hydrogen-bond acceptors (Lipinski definition) is 2. The van der Waals surface area contributed by atoms with Crippen molar-refractivity contribution in [3.05, 3.63) is 0 Å². The van der Waals surface area contributed by atoms with Crippen molar-refractivity contribution < 1.29 is 9.53 Å². The van der Waals surface area contributed by atoms with Gasteiger partial charge in [0.15, 0.2) is 0 Å². The van der Waals surface area contributed by atoms with E-state index in [1.54, 1.807) is 0 Å². The van der Waals surface area contributed by atoms with Crippen LogP contribution in [-0.2, 0) is 4.74 Å². The lowest BCUT2D eigenvalue weighted by molar-refractivity contribution is 0.0527. The molecule has 0 saturated heterocycles. The van der Waals surface area contributed by atoms with Gasteiger partial charge in [0.1, 0.15) is 5.60 Å². The Kier molecular flexibility index (Phi) is 13.3. The number of carbonyl (C=O) groups is 1. The molecular formula is C17H34BrNO2. The molecule has 0 aliphatic heterocycles. The topological polar surface area (TPSA) is 38.3 Å². The Morgan fingerprint density at radius 1 is 0.857 bits per heavy atom. The van der Waals surface area contributed by atoms with E-state index in [4.69, 9.17) is 4.74 Å². The molecule has 21 heavy (non-hydrogen) atoms. The summed E-state index contributed by atoms with van der Waals surface area (Å²) >= 11 is 3.46. The molecule has 0 aromatic carbocycles. The summed E-state index contributed by atoms with van der Waals surface area (Å²) in [4.78, 5) is 11.4. The van der Waals surface area contributed by atoms with E-state index in [0.717, 1.165) is 18.3 Å². The Morgan fingerprint density at radius 2 is 1.29 bits per heavy atom. The van der Waals surface area contributed by atoms with Crippen molar-refractivity contribution in [3.63, 3.8) is 0 Å². The van der Waals surface area contributed by atoms with Gasteiger partial charge in [0, 0.05) is 11.9 Å². The zero-order chi connectivity index (χ0) is 16.0. The van der Waals surface area contributed by atoms with Crippen LogP contribution in [0.2, 0.25) is 0 Å². The van der Waals surface area contributed by atoms with Gasteiger partial charge in [-0.3, -0.25) is 0 Å². The molecule has 0 saturated carbocycles. The van der Waals surface area contributed by atoms with Crippen LogP contribution in [0.25, 0.3) is 0 Å². The zero-order valence-electron chi connectivity index (χ0n) is 14.2. The molecule has 4 heteroatoms. The fourth-order valence-corrected chi connectivity index (χ4v) is 2.53. The highest BCUT2D eigenvalue weighted by atomic mass is 79.9. The first-order valence-electron chi connectivity index (χ1n) is 8.48. The number of amides is 1. The molecule has 0 fully saturated rings. The average Bonchev–Trinajstić information content (AvgIpc) is 2.38. The summed E-state index contributed by atoms with van der Waals surface area (Å²) in [5, 5.41) is 3.95. The van der Waals surface area contributed by atoms with E-state index >= 15 is 0 Å². The molecule has 0 aromatic heterocycles. The molecule has 0 radical (unpaired) electrons. The summed E-state index contributed by atoms with van der Waals surface area (Å²) < 4.78 is 5.18. The summed E-state index contributed by atoms with van der Waals surface area (Å²) in [6.07, 6.45) is 12.7. The van der Waals surface area contributed by atoms with Crippen LogP contribution in [0.5, 0.6) is 0 Å². The van der Waals surface area contributed by atoms with E-state index in [9.17, 15) is 4.79 Å². The normalized spacial score (nSPS) is 11.4. The number of alkyl carbamates (subject to hydrolysis) is 1. The number of nitrogens with one attached hydrogen (secondary N) is 1. The summed E-state index contributed by atoms with van der Waals surface area (Å²) in [7, 11) is 0. The Balaban J connectivity index is 3.17. The smallest absolute Gasteiger partial charge is 0.407 e. The molecule has 0 spiro atoms. The van der Waals surface area contributed by atoms with Crippen LogP contribution in [0.1, 0.15) is 85.0 Å². The maximum Gasteiger partial charge on any atom is 0.407 e. The third-order valence-corrected chi connectivity index (χ3v) is 3.79. The average molecular weight is 364 g/mol. The Hall–Kier alpha value is -0.250. The number of ether oxygens (including phenoxy) is 1. The van der Waals surface area contributed by atoms with Crippen molar-refractivity contribution in [2.24, 2.45) is 0 Å². The predicted molar refractivity (Wildman–Crippen MR) is 94.2 cm³/mol. The number of rotatable bonds is 12. The summed E-state index contributed by atoms with van der Waals surface area (Å²) in [5.74, 6) is 0. The summed E-state index contributed by atoms with van der Waals surface area (Å²) in [6, 6.07) is 0. The van der Waals surface area contributed by atoms with Gasteiger partial charge in [-0.1, -0.05) is 67.3 Å². The zero-order valence-corrected chi connectivity index (χ0v) is 15.8. The van der Waals surface area contributed by atoms with E-state index in [1.807, 2.05) is 20.8 Å². The van der Waals surface area contributed by atoms with Gasteiger partial charge in [-0.15, -0.1) is 0 Å². The molecule has 1 amide bonds. The third kappa shape index (κ3) is 17.7. The van der Waals surface area contributed by atoms with Crippen molar-refractivity contribution in [1.82, 2.24) is 5.32 Å². The lowest BCUT2D eigenvalue weighted by atomic mass is 10.1. The van der Waals surface area contributed by atoms with E-state index in [-0.39, 0.29) is 6.09 Å². The van der Waals surface area contributed by atoms with E-state index < -0.39 is 5.60 Å². The fourth-order valence-electron chi connectivity index (χ4n) is 2.14. The number of halogens is 1. The molecule has 0 rings (SSSR count). The molecule has 0 aliphatic carbocycles. The van der Waals surface area contributed by atoms with Gasteiger partial charge in [-0.2, -0.15) is 0 Å². The van der Waals surface area contributed by atoms with Gasteiger partial charge in [-0.25, -0.2) is 4.79 Å². The van der Waals surface area contributed by atoms with Crippen LogP contribution < -0.4 is 5.32 Å². The van der Waals surface area contributed by atoms with Gasteiger partial charge < -0.3 is 10.1 Å². The SMILES string of the molecule is CC(C)(C)OC(=O)NCCCCCCCCCCCCBr. The van der Waals surface area contributed by atoms with Crippen LogP contribution in [0.15, 0.2) is 0 Å². The Bertz CT molecular complexity index is 252. The van der Waals surface area contributed by atoms with Crippen LogP contribution in [-0.4, -0.2) is 23.6 Å². The third-order valence-electron chi connectivity index (χ3n) is 3.23. The lowest BCUT2D eigenvalue weighted by Gasteiger charge is -2.19. The van der Waals surface area contributed by atoms with Gasteiger partial charge >= 0.3 is 6.09 Å². The minimum atomic E-state index is -0.404. The molecule has 0 aliphatic rings. The minimum absolute atomic E-state index is 0.300. The molecule has 1 N–H and O–H groups in total. The van der Waals surface area contributed by atoms with Crippen molar-refractivity contribution in [2.45, 2.75) is 90.6 Å². The Labute approximate surface area is 139 Å². The molecule has 0 bridgehead atoms. The molecule has 0 heterocycles. The second-order valence-electron chi connectivity index (χ2n) is 6.65. The lowest BCUT2D eigenvalue weighted by Crippen LogP contribution is -2.32. The number of carbonyl (C=O) groups excluding carboxylic acids is 1. The highest BCUT2D eigenvalue weighted by Crippen LogP contribution is 2.11. The molecule has 3 nitrogen and oxygen atoms in total. The Morgan fingerprint density at radius 3 is 1.71 bits per heavy atom. The minimum Gasteiger partial charge on any atom is -0.444 e. The first-order valence-corrected chi connectivity index (χ1v) is 9.60. The molecular weight excluding hydrogens is 330 g/mol. The highest BCUT2D eigenvalue weighted by molar-refractivity contribution is 9.09. The number of alkyl halides is 1. The standard InChI is InChI=1S/C17H34BrNO2/c1-17(2,3)21-16(20)19-15-13-11-9-7-5-4-6-8-10-12-14-18/h4-15H2,1-3H3,(H,19,20). The van der Waals surface area contributed by atoms with Crippen molar-refractivity contribution in [1.29, 1.82) is 0 Å². The first kappa shape index (κ1) is 20.8. The van der Waals surface area contributed by atoms with Crippen molar-refractivity contribution in [2.75, 3.05) is 11.9 Å². The second kappa shape index (κ2) is 13.4. The van der Waals surface area contributed by atoms with Crippen LogP contribution in [0.4, 0.5) is 4.79 Å². The van der Waals surface area contributed by atoms with E-state index in [2.05, 4.69) is 21.2 Å². The van der Waals surface area contributed by atoms with Gasteiger partial charge in [0.2, 0.25) is 0 Å². The fraction of sp³-hybridized carbons (Fsp3) is 0.941.